The summed E-state index contributed by atoms with van der Waals surface area (Å²) in [5.74, 6) is 0.378. The summed E-state index contributed by atoms with van der Waals surface area (Å²) < 4.78 is 0. The Kier molecular flexibility index (Phi) is 2.46. The van der Waals surface area contributed by atoms with E-state index in [0.29, 0.717) is 11.4 Å². The van der Waals surface area contributed by atoms with Gasteiger partial charge in [0.05, 0.1) is 11.7 Å². The highest BCUT2D eigenvalue weighted by atomic mass is 16.3. The van der Waals surface area contributed by atoms with E-state index in [1.807, 2.05) is 30.3 Å². The van der Waals surface area contributed by atoms with Gasteiger partial charge in [0.15, 0.2) is 0 Å². The number of benzene rings is 1. The van der Waals surface area contributed by atoms with Crippen LogP contribution < -0.4 is 5.73 Å². The van der Waals surface area contributed by atoms with Crippen LogP contribution in [0.5, 0.6) is 0 Å². The first-order valence-electron chi connectivity index (χ1n) is 5.57. The zero-order valence-electron chi connectivity index (χ0n) is 9.54. The largest absolute Gasteiger partial charge is 0.384 e. The Bertz CT molecular complexity index is 692. The molecule has 0 aliphatic carbocycles. The van der Waals surface area contributed by atoms with E-state index in [1.165, 1.54) is 6.20 Å². The molecule has 5 nitrogen and oxygen atoms in total. The monoisotopic (exact) mass is 240 g/mol. The lowest BCUT2D eigenvalue weighted by atomic mass is 10.0. The highest BCUT2D eigenvalue weighted by Gasteiger charge is 2.15. The molecule has 0 fully saturated rings. The maximum absolute atomic E-state index is 10.3. The van der Waals surface area contributed by atoms with Crippen LogP contribution in [0, 0.1) is 0 Å². The zero-order chi connectivity index (χ0) is 12.5. The van der Waals surface area contributed by atoms with Crippen LogP contribution in [0.1, 0.15) is 17.2 Å². The number of H-pyrrole nitrogens is 1. The summed E-state index contributed by atoms with van der Waals surface area (Å²) in [7, 11) is 0. The zero-order valence-corrected chi connectivity index (χ0v) is 9.54. The Hall–Kier alpha value is -2.40. The van der Waals surface area contributed by atoms with Crippen molar-refractivity contribution >= 4 is 16.7 Å². The van der Waals surface area contributed by atoms with Crippen molar-refractivity contribution in [2.24, 2.45) is 0 Å². The number of nitrogens with two attached hydrogens (primary N) is 1. The van der Waals surface area contributed by atoms with E-state index in [4.69, 9.17) is 5.73 Å². The third kappa shape index (κ3) is 1.70. The fourth-order valence-corrected chi connectivity index (χ4v) is 1.96. The topological polar surface area (TPSA) is 87.8 Å². The number of hydrogen-bond donors (Lipinski definition) is 3. The lowest BCUT2D eigenvalue weighted by molar-refractivity contribution is 0.221. The summed E-state index contributed by atoms with van der Waals surface area (Å²) in [5, 5.41) is 17.7. The molecule has 1 unspecified atom stereocenters. The molecule has 0 spiro atoms. The van der Waals surface area contributed by atoms with Crippen LogP contribution in [-0.2, 0) is 0 Å². The molecule has 0 aliphatic rings. The number of aromatic amines is 1. The molecule has 2 heterocycles. The van der Waals surface area contributed by atoms with Gasteiger partial charge in [-0.1, -0.05) is 18.2 Å². The molecule has 1 atom stereocenters. The first-order valence-corrected chi connectivity index (χ1v) is 5.57. The second-order valence-corrected chi connectivity index (χ2v) is 4.10. The number of aliphatic hydroxyl groups is 1. The molecule has 0 aliphatic heterocycles. The summed E-state index contributed by atoms with van der Waals surface area (Å²) in [5.41, 5.74) is 7.86. The number of pyridine rings is 1. The molecule has 1 aromatic carbocycles. The van der Waals surface area contributed by atoms with E-state index in [9.17, 15) is 5.11 Å². The van der Waals surface area contributed by atoms with Crippen molar-refractivity contribution in [1.82, 2.24) is 15.2 Å². The first-order chi connectivity index (χ1) is 8.75. The molecule has 18 heavy (non-hydrogen) atoms. The molecule has 0 radical (unpaired) electrons. The van der Waals surface area contributed by atoms with Gasteiger partial charge < -0.3 is 10.8 Å². The summed E-state index contributed by atoms with van der Waals surface area (Å²) in [6.07, 6.45) is 2.46. The van der Waals surface area contributed by atoms with Gasteiger partial charge in [-0.15, -0.1) is 0 Å². The van der Waals surface area contributed by atoms with Crippen LogP contribution in [0.15, 0.2) is 42.7 Å². The molecule has 0 saturated carbocycles. The van der Waals surface area contributed by atoms with Gasteiger partial charge in [0.1, 0.15) is 11.9 Å². The Morgan fingerprint density at radius 2 is 2.17 bits per heavy atom. The van der Waals surface area contributed by atoms with Crippen molar-refractivity contribution in [2.45, 2.75) is 6.10 Å². The Morgan fingerprint density at radius 3 is 2.94 bits per heavy atom. The number of aromatic nitrogens is 3. The molecule has 3 aromatic rings. The predicted molar refractivity (Wildman–Crippen MR) is 68.8 cm³/mol. The highest BCUT2D eigenvalue weighted by molar-refractivity contribution is 5.79. The molecule has 2 aromatic heterocycles. The summed E-state index contributed by atoms with van der Waals surface area (Å²) in [6, 6.07) is 9.50. The summed E-state index contributed by atoms with van der Waals surface area (Å²) in [4.78, 5) is 4.26. The smallest absolute Gasteiger partial charge is 0.125 e. The third-order valence-corrected chi connectivity index (χ3v) is 2.94. The SMILES string of the molecule is Nc1[nH]ncc1C(O)c1ccc2cccnc2c1. The standard InChI is InChI=1S/C13H12N4O/c14-13-10(7-16-17-13)12(18)9-4-3-8-2-1-5-15-11(8)6-9/h1-7,12,18H,(H3,14,16,17). The number of nitrogens with one attached hydrogen (secondary N) is 1. The van der Waals surface area contributed by atoms with Gasteiger partial charge in [-0.25, -0.2) is 0 Å². The minimum atomic E-state index is -0.796. The second kappa shape index (κ2) is 4.12. The molecule has 4 N–H and O–H groups in total. The van der Waals surface area contributed by atoms with Gasteiger partial charge in [-0.05, 0) is 17.7 Å². The quantitative estimate of drug-likeness (QED) is 0.635. The van der Waals surface area contributed by atoms with Crippen LogP contribution in [0.4, 0.5) is 5.82 Å². The number of hydrogen-bond acceptors (Lipinski definition) is 4. The van der Waals surface area contributed by atoms with Gasteiger partial charge in [0, 0.05) is 17.1 Å². The van der Waals surface area contributed by atoms with Crippen LogP contribution in [-0.4, -0.2) is 20.3 Å². The van der Waals surface area contributed by atoms with E-state index in [1.54, 1.807) is 6.20 Å². The molecule has 0 amide bonds. The van der Waals surface area contributed by atoms with E-state index < -0.39 is 6.10 Å². The van der Waals surface area contributed by atoms with Crippen molar-refractivity contribution in [2.75, 3.05) is 5.73 Å². The Morgan fingerprint density at radius 1 is 1.28 bits per heavy atom. The number of nitrogen functional groups attached to an aromatic ring is 1. The van der Waals surface area contributed by atoms with Gasteiger partial charge in [-0.2, -0.15) is 5.10 Å². The number of anilines is 1. The van der Waals surface area contributed by atoms with E-state index in [0.717, 1.165) is 16.5 Å². The average Bonchev–Trinajstić information content (AvgIpc) is 2.83. The van der Waals surface area contributed by atoms with Crippen molar-refractivity contribution in [3.63, 3.8) is 0 Å². The van der Waals surface area contributed by atoms with Gasteiger partial charge >= 0.3 is 0 Å². The van der Waals surface area contributed by atoms with Crippen molar-refractivity contribution < 1.29 is 5.11 Å². The molecule has 3 rings (SSSR count). The van der Waals surface area contributed by atoms with Gasteiger partial charge in [0.2, 0.25) is 0 Å². The average molecular weight is 240 g/mol. The van der Waals surface area contributed by atoms with Crippen molar-refractivity contribution in [3.05, 3.63) is 53.9 Å². The van der Waals surface area contributed by atoms with Gasteiger partial charge in [-0.3, -0.25) is 10.1 Å². The molecular formula is C13H12N4O. The minimum Gasteiger partial charge on any atom is -0.384 e. The van der Waals surface area contributed by atoms with Crippen molar-refractivity contribution in [3.8, 4) is 0 Å². The fraction of sp³-hybridized carbons (Fsp3) is 0.0769. The normalized spacial score (nSPS) is 12.7. The number of nitrogens with zero attached hydrogens (tertiary/aromatic N) is 2. The number of fused-ring (bicyclic) bond motifs is 1. The molecule has 0 saturated heterocycles. The lowest BCUT2D eigenvalue weighted by Gasteiger charge is -2.10. The predicted octanol–water partition coefficient (Wildman–Crippen LogP) is 1.62. The van der Waals surface area contributed by atoms with Crippen LogP contribution >= 0.6 is 0 Å². The number of aliphatic hydroxyl groups excluding tert-OH is 1. The molecular weight excluding hydrogens is 228 g/mol. The maximum Gasteiger partial charge on any atom is 0.125 e. The molecule has 0 bridgehead atoms. The van der Waals surface area contributed by atoms with E-state index in [2.05, 4.69) is 15.2 Å². The first kappa shape index (κ1) is 10.7. The van der Waals surface area contributed by atoms with Gasteiger partial charge in [0.25, 0.3) is 0 Å². The molecule has 90 valence electrons. The van der Waals surface area contributed by atoms with Crippen LogP contribution in [0.3, 0.4) is 0 Å². The highest BCUT2D eigenvalue weighted by Crippen LogP contribution is 2.26. The lowest BCUT2D eigenvalue weighted by Crippen LogP contribution is -2.02. The Balaban J connectivity index is 2.07. The van der Waals surface area contributed by atoms with Crippen molar-refractivity contribution in [1.29, 1.82) is 0 Å². The summed E-state index contributed by atoms with van der Waals surface area (Å²) in [6.45, 7) is 0. The third-order valence-electron chi connectivity index (χ3n) is 2.94. The molecule has 5 heteroatoms. The fourth-order valence-electron chi connectivity index (χ4n) is 1.96. The minimum absolute atomic E-state index is 0.378. The maximum atomic E-state index is 10.3. The van der Waals surface area contributed by atoms with E-state index >= 15 is 0 Å². The van der Waals surface area contributed by atoms with Crippen LogP contribution in [0.2, 0.25) is 0 Å². The summed E-state index contributed by atoms with van der Waals surface area (Å²) >= 11 is 0. The number of rotatable bonds is 2. The Labute approximate surface area is 103 Å². The second-order valence-electron chi connectivity index (χ2n) is 4.10. The van der Waals surface area contributed by atoms with E-state index in [-0.39, 0.29) is 0 Å². The van der Waals surface area contributed by atoms with Crippen LogP contribution in [0.25, 0.3) is 10.9 Å².